The summed E-state index contributed by atoms with van der Waals surface area (Å²) >= 11 is 0. The SMILES string of the molecule is CC1(CCc2ccccc2)NC(=O)N(NC(=O)CN2CCCCC2)C1=O. The molecular weight excluding hydrogens is 332 g/mol. The minimum atomic E-state index is -1.01. The molecule has 2 aliphatic heterocycles. The van der Waals surface area contributed by atoms with Gasteiger partial charge < -0.3 is 5.32 Å². The Bertz CT molecular complexity index is 673. The van der Waals surface area contributed by atoms with E-state index in [-0.39, 0.29) is 12.5 Å². The number of aryl methyl sites for hydroxylation is 1. The number of likely N-dealkylation sites (tertiary alicyclic amines) is 1. The molecule has 0 aliphatic carbocycles. The summed E-state index contributed by atoms with van der Waals surface area (Å²) in [4.78, 5) is 39.2. The highest BCUT2D eigenvalue weighted by molar-refractivity contribution is 6.07. The zero-order chi connectivity index (χ0) is 18.6. The molecule has 7 heteroatoms. The van der Waals surface area contributed by atoms with Crippen LogP contribution in [0.25, 0.3) is 0 Å². The average molecular weight is 358 g/mol. The molecule has 3 rings (SSSR count). The number of piperidine rings is 1. The molecule has 26 heavy (non-hydrogen) atoms. The Morgan fingerprint density at radius 3 is 2.54 bits per heavy atom. The van der Waals surface area contributed by atoms with Crippen molar-refractivity contribution in [3.8, 4) is 0 Å². The van der Waals surface area contributed by atoms with Crippen molar-refractivity contribution in [2.45, 2.75) is 44.6 Å². The molecule has 0 bridgehead atoms. The molecular formula is C19H26N4O3. The largest absolute Gasteiger partial charge is 0.344 e. The molecule has 7 nitrogen and oxygen atoms in total. The number of carbonyl (C=O) groups excluding carboxylic acids is 3. The number of rotatable bonds is 6. The Hall–Kier alpha value is -2.41. The topological polar surface area (TPSA) is 81.8 Å². The lowest BCUT2D eigenvalue weighted by molar-refractivity contribution is -0.139. The van der Waals surface area contributed by atoms with Gasteiger partial charge in [-0.2, -0.15) is 5.01 Å². The third-order valence-electron chi connectivity index (χ3n) is 5.07. The fourth-order valence-electron chi connectivity index (χ4n) is 3.48. The highest BCUT2D eigenvalue weighted by atomic mass is 16.2. The van der Waals surface area contributed by atoms with E-state index in [0.29, 0.717) is 12.8 Å². The summed E-state index contributed by atoms with van der Waals surface area (Å²) in [5.74, 6) is -0.742. The zero-order valence-corrected chi connectivity index (χ0v) is 15.2. The second kappa shape index (κ2) is 7.86. The van der Waals surface area contributed by atoms with E-state index < -0.39 is 17.5 Å². The van der Waals surface area contributed by atoms with Gasteiger partial charge >= 0.3 is 6.03 Å². The molecule has 1 atom stereocenters. The van der Waals surface area contributed by atoms with E-state index in [1.165, 1.54) is 6.42 Å². The van der Waals surface area contributed by atoms with E-state index >= 15 is 0 Å². The smallest absolute Gasteiger partial charge is 0.322 e. The highest BCUT2D eigenvalue weighted by Crippen LogP contribution is 2.22. The number of carbonyl (C=O) groups is 3. The van der Waals surface area contributed by atoms with Crippen molar-refractivity contribution in [2.75, 3.05) is 19.6 Å². The van der Waals surface area contributed by atoms with Crippen LogP contribution in [0.4, 0.5) is 4.79 Å². The van der Waals surface area contributed by atoms with Gasteiger partial charge in [0, 0.05) is 0 Å². The number of nitrogens with zero attached hydrogens (tertiary/aromatic N) is 2. The summed E-state index contributed by atoms with van der Waals surface area (Å²) in [5.41, 5.74) is 2.56. The number of hydrogen-bond donors (Lipinski definition) is 2. The van der Waals surface area contributed by atoms with E-state index in [0.717, 1.165) is 36.5 Å². The summed E-state index contributed by atoms with van der Waals surface area (Å²) in [5, 5.41) is 3.55. The number of urea groups is 1. The third-order valence-corrected chi connectivity index (χ3v) is 5.07. The first-order valence-corrected chi connectivity index (χ1v) is 9.20. The highest BCUT2D eigenvalue weighted by Gasteiger charge is 2.48. The Kier molecular flexibility index (Phi) is 5.56. The van der Waals surface area contributed by atoms with E-state index in [1.807, 2.05) is 35.2 Å². The van der Waals surface area contributed by atoms with Crippen LogP contribution in [-0.4, -0.2) is 52.9 Å². The Balaban J connectivity index is 1.56. The fourth-order valence-corrected chi connectivity index (χ4v) is 3.48. The average Bonchev–Trinajstić information content (AvgIpc) is 2.85. The number of amides is 4. The molecule has 140 valence electrons. The summed E-state index contributed by atoms with van der Waals surface area (Å²) in [6.07, 6.45) is 4.48. The van der Waals surface area contributed by atoms with Gasteiger partial charge in [0.05, 0.1) is 6.54 Å². The normalized spacial score (nSPS) is 23.8. The molecule has 2 N–H and O–H groups in total. The minimum absolute atomic E-state index is 0.206. The standard InChI is InChI=1S/C19H26N4O3/c1-19(11-10-15-8-4-2-5-9-15)17(25)23(18(26)20-19)21-16(24)14-22-12-6-3-7-13-22/h2,4-5,8-9H,3,6-7,10-14H2,1H3,(H,20,26)(H,21,24). The Morgan fingerprint density at radius 1 is 1.15 bits per heavy atom. The van der Waals surface area contributed by atoms with Crippen LogP contribution >= 0.6 is 0 Å². The van der Waals surface area contributed by atoms with Crippen LogP contribution in [0.15, 0.2) is 30.3 Å². The van der Waals surface area contributed by atoms with Crippen LogP contribution < -0.4 is 10.7 Å². The molecule has 0 radical (unpaired) electrons. The Morgan fingerprint density at radius 2 is 1.85 bits per heavy atom. The molecule has 2 fully saturated rings. The maximum Gasteiger partial charge on any atom is 0.344 e. The van der Waals surface area contributed by atoms with Crippen molar-refractivity contribution >= 4 is 17.8 Å². The number of nitrogens with one attached hydrogen (secondary N) is 2. The predicted molar refractivity (Wildman–Crippen MR) is 97.0 cm³/mol. The second-order valence-electron chi connectivity index (χ2n) is 7.26. The van der Waals surface area contributed by atoms with Gasteiger partial charge in [-0.3, -0.25) is 19.9 Å². The first-order chi connectivity index (χ1) is 12.5. The summed E-state index contributed by atoms with van der Waals surface area (Å²) < 4.78 is 0. The minimum Gasteiger partial charge on any atom is -0.322 e. The predicted octanol–water partition coefficient (Wildman–Crippen LogP) is 1.45. The van der Waals surface area contributed by atoms with Crippen LogP contribution in [-0.2, 0) is 16.0 Å². The molecule has 0 aromatic heterocycles. The lowest BCUT2D eigenvalue weighted by Crippen LogP contribution is -2.51. The fraction of sp³-hybridized carbons (Fsp3) is 0.526. The van der Waals surface area contributed by atoms with Crippen molar-refractivity contribution < 1.29 is 14.4 Å². The van der Waals surface area contributed by atoms with Gasteiger partial charge in [-0.05, 0) is 51.3 Å². The first-order valence-electron chi connectivity index (χ1n) is 9.20. The molecule has 2 heterocycles. The lowest BCUT2D eigenvalue weighted by atomic mass is 9.93. The van der Waals surface area contributed by atoms with Gasteiger partial charge in [-0.15, -0.1) is 0 Å². The van der Waals surface area contributed by atoms with Crippen LogP contribution in [0.5, 0.6) is 0 Å². The maximum absolute atomic E-state index is 12.7. The molecule has 0 saturated carbocycles. The molecule has 1 aromatic carbocycles. The van der Waals surface area contributed by atoms with Crippen LogP contribution in [0, 0.1) is 0 Å². The second-order valence-corrected chi connectivity index (χ2v) is 7.26. The molecule has 4 amide bonds. The molecule has 1 aromatic rings. The van der Waals surface area contributed by atoms with Gasteiger partial charge in [0.25, 0.3) is 11.8 Å². The van der Waals surface area contributed by atoms with E-state index in [2.05, 4.69) is 10.7 Å². The van der Waals surface area contributed by atoms with Gasteiger partial charge in [0.2, 0.25) is 0 Å². The number of benzene rings is 1. The van der Waals surface area contributed by atoms with E-state index in [9.17, 15) is 14.4 Å². The summed E-state index contributed by atoms with van der Waals surface area (Å²) in [6.45, 7) is 3.66. The van der Waals surface area contributed by atoms with Crippen molar-refractivity contribution in [3.63, 3.8) is 0 Å². The van der Waals surface area contributed by atoms with Crippen LogP contribution in [0.3, 0.4) is 0 Å². The van der Waals surface area contributed by atoms with Gasteiger partial charge in [0.1, 0.15) is 5.54 Å². The van der Waals surface area contributed by atoms with Gasteiger partial charge in [-0.25, -0.2) is 4.79 Å². The number of imide groups is 1. The third kappa shape index (κ3) is 4.22. The molecule has 1 unspecified atom stereocenters. The van der Waals surface area contributed by atoms with E-state index in [4.69, 9.17) is 0 Å². The van der Waals surface area contributed by atoms with Gasteiger partial charge in [-0.1, -0.05) is 36.8 Å². The summed E-state index contributed by atoms with van der Waals surface area (Å²) in [6, 6.07) is 9.23. The number of hydrazine groups is 1. The van der Waals surface area contributed by atoms with Gasteiger partial charge in [0.15, 0.2) is 0 Å². The quantitative estimate of drug-likeness (QED) is 0.754. The van der Waals surface area contributed by atoms with E-state index in [1.54, 1.807) is 6.92 Å². The zero-order valence-electron chi connectivity index (χ0n) is 15.2. The monoisotopic (exact) mass is 358 g/mol. The van der Waals surface area contributed by atoms with Crippen molar-refractivity contribution in [1.82, 2.24) is 20.7 Å². The molecule has 0 spiro atoms. The lowest BCUT2D eigenvalue weighted by Gasteiger charge is -2.26. The first kappa shape index (κ1) is 18.4. The summed E-state index contributed by atoms with van der Waals surface area (Å²) in [7, 11) is 0. The molecule has 2 aliphatic rings. The van der Waals surface area contributed by atoms with Crippen LogP contribution in [0.1, 0.15) is 38.2 Å². The van der Waals surface area contributed by atoms with Crippen LogP contribution in [0.2, 0.25) is 0 Å². The Labute approximate surface area is 153 Å². The van der Waals surface area contributed by atoms with Crippen molar-refractivity contribution in [2.24, 2.45) is 0 Å². The van der Waals surface area contributed by atoms with Crippen molar-refractivity contribution in [1.29, 1.82) is 0 Å². The number of hydrogen-bond acceptors (Lipinski definition) is 4. The maximum atomic E-state index is 12.7. The molecule has 2 saturated heterocycles. The van der Waals surface area contributed by atoms with Crippen molar-refractivity contribution in [3.05, 3.63) is 35.9 Å².